The number of benzene rings is 1. The van der Waals surface area contributed by atoms with Crippen molar-refractivity contribution in [2.75, 3.05) is 6.61 Å². The molecule has 0 bridgehead atoms. The number of nitrogens with two attached hydrogens (primary N) is 1. The summed E-state index contributed by atoms with van der Waals surface area (Å²) in [7, 11) is 0. The Morgan fingerprint density at radius 2 is 2.12 bits per heavy atom. The quantitative estimate of drug-likeness (QED) is 0.546. The van der Waals surface area contributed by atoms with Crippen molar-refractivity contribution >= 4 is 18.1 Å². The second-order valence-corrected chi connectivity index (χ2v) is 3.12. The number of aliphatic hydroxyl groups excluding tert-OH is 1. The fourth-order valence-corrected chi connectivity index (χ4v) is 1.23. The van der Waals surface area contributed by atoms with Crippen molar-refractivity contribution in [1.82, 2.24) is 0 Å². The molecule has 0 aromatic heterocycles. The summed E-state index contributed by atoms with van der Waals surface area (Å²) in [6.07, 6.45) is 0.344. The first-order valence-electron chi connectivity index (χ1n) is 4.40. The molecule has 4 N–H and O–H groups in total. The van der Waals surface area contributed by atoms with Crippen molar-refractivity contribution in [3.63, 3.8) is 0 Å². The third-order valence-corrected chi connectivity index (χ3v) is 2.06. The molecule has 0 heterocycles. The maximum absolute atomic E-state index is 10.4. The van der Waals surface area contributed by atoms with Crippen LogP contribution < -0.4 is 5.73 Å². The molecule has 1 aromatic rings. The SMILES string of the molecule is Cl.NC(CCO)c1ccc([N+](=O)[O-])c(O)c1. The summed E-state index contributed by atoms with van der Waals surface area (Å²) in [6, 6.07) is 3.49. The van der Waals surface area contributed by atoms with Gasteiger partial charge in [-0.05, 0) is 18.1 Å². The largest absolute Gasteiger partial charge is 0.502 e. The van der Waals surface area contributed by atoms with Crippen molar-refractivity contribution in [2.24, 2.45) is 5.73 Å². The number of nitro groups is 1. The molecule has 0 aliphatic heterocycles. The van der Waals surface area contributed by atoms with E-state index in [4.69, 9.17) is 10.8 Å². The number of hydrogen-bond donors (Lipinski definition) is 3. The van der Waals surface area contributed by atoms with Crippen LogP contribution in [0.1, 0.15) is 18.0 Å². The third-order valence-electron chi connectivity index (χ3n) is 2.06. The van der Waals surface area contributed by atoms with Crippen LogP contribution in [0.2, 0.25) is 0 Å². The summed E-state index contributed by atoms with van der Waals surface area (Å²) in [6.45, 7) is -0.0705. The molecule has 0 saturated heterocycles. The molecule has 1 aromatic carbocycles. The van der Waals surface area contributed by atoms with Crippen LogP contribution in [0.3, 0.4) is 0 Å². The van der Waals surface area contributed by atoms with E-state index in [9.17, 15) is 15.2 Å². The molecule has 90 valence electrons. The number of halogens is 1. The van der Waals surface area contributed by atoms with Crippen LogP contribution in [0.4, 0.5) is 5.69 Å². The van der Waals surface area contributed by atoms with Crippen LogP contribution in [0.25, 0.3) is 0 Å². The van der Waals surface area contributed by atoms with Gasteiger partial charge in [-0.3, -0.25) is 10.1 Å². The molecule has 0 aliphatic carbocycles. The van der Waals surface area contributed by atoms with Gasteiger partial charge in [0.1, 0.15) is 0 Å². The molecule has 0 amide bonds. The lowest BCUT2D eigenvalue weighted by molar-refractivity contribution is -0.385. The maximum atomic E-state index is 10.4. The molecule has 1 atom stereocenters. The number of rotatable bonds is 4. The zero-order valence-corrected chi connectivity index (χ0v) is 9.18. The van der Waals surface area contributed by atoms with Crippen LogP contribution in [-0.4, -0.2) is 21.7 Å². The Morgan fingerprint density at radius 3 is 2.56 bits per heavy atom. The third kappa shape index (κ3) is 3.34. The number of phenols is 1. The van der Waals surface area contributed by atoms with Crippen LogP contribution in [0, 0.1) is 10.1 Å². The summed E-state index contributed by atoms with van der Waals surface area (Å²) >= 11 is 0. The number of nitro benzene ring substituents is 1. The zero-order chi connectivity index (χ0) is 11.4. The van der Waals surface area contributed by atoms with Crippen molar-refractivity contribution in [3.8, 4) is 5.75 Å². The summed E-state index contributed by atoms with van der Waals surface area (Å²) < 4.78 is 0. The Bertz CT molecular complexity index is 373. The Labute approximate surface area is 98.3 Å². The topological polar surface area (TPSA) is 110 Å². The van der Waals surface area contributed by atoms with Gasteiger partial charge in [-0.1, -0.05) is 6.07 Å². The van der Waals surface area contributed by atoms with Gasteiger partial charge in [0, 0.05) is 18.7 Å². The van der Waals surface area contributed by atoms with Gasteiger partial charge in [-0.25, -0.2) is 0 Å². The molecule has 7 heteroatoms. The fraction of sp³-hybridized carbons (Fsp3) is 0.333. The second-order valence-electron chi connectivity index (χ2n) is 3.12. The standard InChI is InChI=1S/C9H12N2O4.ClH/c10-7(3-4-12)6-1-2-8(11(14)15)9(13)5-6;/h1-2,5,7,12-13H,3-4,10H2;1H. The molecule has 6 nitrogen and oxygen atoms in total. The lowest BCUT2D eigenvalue weighted by Crippen LogP contribution is -2.11. The molecule has 0 aliphatic rings. The van der Waals surface area contributed by atoms with Crippen molar-refractivity contribution in [1.29, 1.82) is 0 Å². The minimum Gasteiger partial charge on any atom is -0.502 e. The lowest BCUT2D eigenvalue weighted by atomic mass is 10.0. The monoisotopic (exact) mass is 248 g/mol. The van der Waals surface area contributed by atoms with E-state index in [1.807, 2.05) is 0 Å². The zero-order valence-electron chi connectivity index (χ0n) is 8.37. The average molecular weight is 249 g/mol. The molecule has 1 rings (SSSR count). The highest BCUT2D eigenvalue weighted by Crippen LogP contribution is 2.28. The van der Waals surface area contributed by atoms with E-state index in [0.29, 0.717) is 12.0 Å². The summed E-state index contributed by atoms with van der Waals surface area (Å²) in [5, 5.41) is 28.4. The molecule has 0 fully saturated rings. The number of hydrogen-bond acceptors (Lipinski definition) is 5. The van der Waals surface area contributed by atoms with Gasteiger partial charge >= 0.3 is 5.69 Å². The maximum Gasteiger partial charge on any atom is 0.310 e. The van der Waals surface area contributed by atoms with Crippen molar-refractivity contribution < 1.29 is 15.1 Å². The van der Waals surface area contributed by atoms with E-state index in [1.54, 1.807) is 0 Å². The Kier molecular flexibility index (Phi) is 5.73. The van der Waals surface area contributed by atoms with E-state index in [1.165, 1.54) is 18.2 Å². The number of aliphatic hydroxyl groups is 1. The summed E-state index contributed by atoms with van der Waals surface area (Å²) in [5.41, 5.74) is 5.87. The minimum absolute atomic E-state index is 0. The Morgan fingerprint density at radius 1 is 1.50 bits per heavy atom. The minimum atomic E-state index is -0.670. The van der Waals surface area contributed by atoms with Crippen LogP contribution in [0.5, 0.6) is 5.75 Å². The fourth-order valence-electron chi connectivity index (χ4n) is 1.23. The highest BCUT2D eigenvalue weighted by Gasteiger charge is 2.15. The Hall–Kier alpha value is -1.37. The number of nitrogens with zero attached hydrogens (tertiary/aromatic N) is 1. The van der Waals surface area contributed by atoms with Gasteiger partial charge in [0.05, 0.1) is 4.92 Å². The van der Waals surface area contributed by atoms with Crippen LogP contribution in [0.15, 0.2) is 18.2 Å². The molecule has 1 unspecified atom stereocenters. The normalized spacial score (nSPS) is 11.6. The van der Waals surface area contributed by atoms with E-state index in [0.717, 1.165) is 0 Å². The van der Waals surface area contributed by atoms with Crippen molar-refractivity contribution in [3.05, 3.63) is 33.9 Å². The van der Waals surface area contributed by atoms with Crippen LogP contribution in [-0.2, 0) is 0 Å². The Balaban J connectivity index is 0.00000225. The van der Waals surface area contributed by atoms with E-state index in [-0.39, 0.29) is 24.7 Å². The smallest absolute Gasteiger partial charge is 0.310 e. The first-order chi connectivity index (χ1) is 7.06. The molecule has 0 spiro atoms. The van der Waals surface area contributed by atoms with Gasteiger partial charge in [0.25, 0.3) is 0 Å². The lowest BCUT2D eigenvalue weighted by Gasteiger charge is -2.10. The number of aromatic hydroxyl groups is 1. The van der Waals surface area contributed by atoms with E-state index in [2.05, 4.69) is 0 Å². The predicted molar refractivity (Wildman–Crippen MR) is 60.6 cm³/mol. The second kappa shape index (κ2) is 6.26. The molecule has 0 radical (unpaired) electrons. The van der Waals surface area contributed by atoms with Crippen molar-refractivity contribution in [2.45, 2.75) is 12.5 Å². The molecule has 0 saturated carbocycles. The van der Waals surface area contributed by atoms with Crippen LogP contribution >= 0.6 is 12.4 Å². The first kappa shape index (κ1) is 14.6. The summed E-state index contributed by atoms with van der Waals surface area (Å²) in [5.74, 6) is -0.411. The van der Waals surface area contributed by atoms with Gasteiger partial charge in [-0.2, -0.15) is 0 Å². The summed E-state index contributed by atoms with van der Waals surface area (Å²) in [4.78, 5) is 9.73. The van der Waals surface area contributed by atoms with Gasteiger partial charge in [0.2, 0.25) is 0 Å². The predicted octanol–water partition coefficient (Wildman–Crippen LogP) is 1.10. The highest BCUT2D eigenvalue weighted by molar-refractivity contribution is 5.85. The highest BCUT2D eigenvalue weighted by atomic mass is 35.5. The van der Waals surface area contributed by atoms with Gasteiger partial charge in [-0.15, -0.1) is 12.4 Å². The van der Waals surface area contributed by atoms with E-state index < -0.39 is 16.7 Å². The molecular weight excluding hydrogens is 236 g/mol. The molecule has 16 heavy (non-hydrogen) atoms. The average Bonchev–Trinajstić information content (AvgIpc) is 2.17. The number of phenolic OH excluding ortho intramolecular Hbond substituents is 1. The molecular formula is C9H13ClN2O4. The van der Waals surface area contributed by atoms with Gasteiger partial charge in [0.15, 0.2) is 5.75 Å². The first-order valence-corrected chi connectivity index (χ1v) is 4.40. The van der Waals surface area contributed by atoms with Gasteiger partial charge < -0.3 is 15.9 Å². The van der Waals surface area contributed by atoms with E-state index >= 15 is 0 Å².